The number of carbonyl (C=O) groups is 1. The molecule has 0 aliphatic heterocycles. The van der Waals surface area contributed by atoms with Gasteiger partial charge in [0.05, 0.1) is 12.8 Å². The molecule has 1 saturated carbocycles. The molecule has 0 aromatic carbocycles. The third kappa shape index (κ3) is 3.04. The highest BCUT2D eigenvalue weighted by Crippen LogP contribution is 2.28. The fourth-order valence-electron chi connectivity index (χ4n) is 2.24. The monoisotopic (exact) mass is 255 g/mol. The van der Waals surface area contributed by atoms with Gasteiger partial charge in [-0.2, -0.15) is 11.8 Å². The Morgan fingerprint density at radius 2 is 2.47 bits per heavy atom. The van der Waals surface area contributed by atoms with E-state index in [1.165, 1.54) is 18.8 Å². The maximum atomic E-state index is 10.9. The van der Waals surface area contributed by atoms with Crippen molar-refractivity contribution in [2.24, 2.45) is 0 Å². The molecule has 1 fully saturated rings. The molecule has 0 amide bonds. The van der Waals surface area contributed by atoms with Gasteiger partial charge in [0, 0.05) is 11.3 Å². The van der Waals surface area contributed by atoms with Crippen LogP contribution < -0.4 is 5.32 Å². The highest BCUT2D eigenvalue weighted by Gasteiger charge is 2.24. The topological polar surface area (TPSA) is 62.5 Å². The van der Waals surface area contributed by atoms with Crippen LogP contribution in [-0.2, 0) is 6.54 Å². The van der Waals surface area contributed by atoms with E-state index in [1.807, 2.05) is 11.8 Å². The molecule has 17 heavy (non-hydrogen) atoms. The van der Waals surface area contributed by atoms with Crippen LogP contribution in [0.2, 0.25) is 0 Å². The summed E-state index contributed by atoms with van der Waals surface area (Å²) in [5, 5.41) is 13.0. The Morgan fingerprint density at radius 3 is 3.12 bits per heavy atom. The number of hydrogen-bond acceptors (Lipinski definition) is 4. The van der Waals surface area contributed by atoms with E-state index in [0.29, 0.717) is 18.3 Å². The standard InChI is InChI=1S/C12H17NO3S/c1-17-9-3-2-8(6-9)13-7-11-10(12(14)15)4-5-16-11/h4-5,8-9,13H,2-3,6-7H2,1H3,(H,14,15). The molecule has 0 radical (unpaired) electrons. The van der Waals surface area contributed by atoms with Gasteiger partial charge in [-0.1, -0.05) is 0 Å². The number of aromatic carboxylic acids is 1. The van der Waals surface area contributed by atoms with E-state index in [9.17, 15) is 4.79 Å². The van der Waals surface area contributed by atoms with Crippen molar-refractivity contribution < 1.29 is 14.3 Å². The van der Waals surface area contributed by atoms with Crippen molar-refractivity contribution in [3.63, 3.8) is 0 Å². The lowest BCUT2D eigenvalue weighted by atomic mass is 10.2. The molecule has 2 rings (SSSR count). The quantitative estimate of drug-likeness (QED) is 0.845. The molecule has 2 N–H and O–H groups in total. The predicted octanol–water partition coefficient (Wildman–Crippen LogP) is 2.35. The fourth-order valence-corrected chi connectivity index (χ4v) is 3.04. The lowest BCUT2D eigenvalue weighted by molar-refractivity contribution is 0.0694. The molecule has 5 heteroatoms. The average molecular weight is 255 g/mol. The largest absolute Gasteiger partial charge is 0.478 e. The smallest absolute Gasteiger partial charge is 0.339 e. The minimum atomic E-state index is -0.927. The van der Waals surface area contributed by atoms with Crippen molar-refractivity contribution in [2.45, 2.75) is 37.1 Å². The zero-order valence-corrected chi connectivity index (χ0v) is 10.6. The molecule has 1 aromatic rings. The third-order valence-corrected chi connectivity index (χ3v) is 4.34. The van der Waals surface area contributed by atoms with Gasteiger partial charge in [-0.25, -0.2) is 4.79 Å². The first-order valence-corrected chi connectivity index (χ1v) is 7.05. The number of furan rings is 1. The molecular weight excluding hydrogens is 238 g/mol. The molecule has 0 saturated heterocycles. The Labute approximate surface area is 105 Å². The second-order valence-corrected chi connectivity index (χ2v) is 5.45. The lowest BCUT2D eigenvalue weighted by Gasteiger charge is -2.11. The van der Waals surface area contributed by atoms with E-state index < -0.39 is 5.97 Å². The second-order valence-electron chi connectivity index (χ2n) is 4.31. The average Bonchev–Trinajstić information content (AvgIpc) is 2.95. The molecule has 2 atom stereocenters. The molecule has 4 nitrogen and oxygen atoms in total. The van der Waals surface area contributed by atoms with Crippen LogP contribution in [0.3, 0.4) is 0 Å². The van der Waals surface area contributed by atoms with Crippen LogP contribution in [0.5, 0.6) is 0 Å². The Bertz CT molecular complexity index is 391. The van der Waals surface area contributed by atoms with Gasteiger partial charge >= 0.3 is 5.97 Å². The van der Waals surface area contributed by atoms with E-state index >= 15 is 0 Å². The number of nitrogens with one attached hydrogen (secondary N) is 1. The van der Waals surface area contributed by atoms with Gasteiger partial charge in [0.1, 0.15) is 11.3 Å². The summed E-state index contributed by atoms with van der Waals surface area (Å²) >= 11 is 1.91. The number of hydrogen-bond donors (Lipinski definition) is 2. The van der Waals surface area contributed by atoms with Crippen LogP contribution in [0.4, 0.5) is 0 Å². The first-order valence-electron chi connectivity index (χ1n) is 5.76. The normalized spacial score (nSPS) is 24.1. The molecular formula is C12H17NO3S. The fraction of sp³-hybridized carbons (Fsp3) is 0.583. The number of carboxylic acids is 1. The molecule has 1 heterocycles. The zero-order valence-electron chi connectivity index (χ0n) is 9.81. The van der Waals surface area contributed by atoms with E-state index in [4.69, 9.17) is 9.52 Å². The molecule has 1 aliphatic rings. The van der Waals surface area contributed by atoms with Crippen LogP contribution in [-0.4, -0.2) is 28.6 Å². The summed E-state index contributed by atoms with van der Waals surface area (Å²) in [6.07, 6.45) is 7.13. The SMILES string of the molecule is CSC1CCC(NCc2occc2C(=O)O)C1. The van der Waals surface area contributed by atoms with E-state index in [-0.39, 0.29) is 5.56 Å². The second kappa shape index (κ2) is 5.60. The summed E-state index contributed by atoms with van der Waals surface area (Å²) in [5.74, 6) is -0.408. The van der Waals surface area contributed by atoms with Crippen LogP contribution >= 0.6 is 11.8 Å². The predicted molar refractivity (Wildman–Crippen MR) is 67.4 cm³/mol. The Hall–Kier alpha value is -0.940. The van der Waals surface area contributed by atoms with Gasteiger partial charge in [-0.05, 0) is 31.6 Å². The van der Waals surface area contributed by atoms with Gasteiger partial charge in [0.2, 0.25) is 0 Å². The van der Waals surface area contributed by atoms with Gasteiger partial charge in [0.15, 0.2) is 0 Å². The van der Waals surface area contributed by atoms with Crippen LogP contribution in [0.25, 0.3) is 0 Å². The van der Waals surface area contributed by atoms with Crippen molar-refractivity contribution in [2.75, 3.05) is 6.26 Å². The van der Waals surface area contributed by atoms with Crippen molar-refractivity contribution in [1.82, 2.24) is 5.32 Å². The van der Waals surface area contributed by atoms with Gasteiger partial charge in [0.25, 0.3) is 0 Å². The molecule has 0 spiro atoms. The van der Waals surface area contributed by atoms with Gasteiger partial charge in [-0.15, -0.1) is 0 Å². The highest BCUT2D eigenvalue weighted by atomic mass is 32.2. The Balaban J connectivity index is 1.86. The van der Waals surface area contributed by atoms with Crippen molar-refractivity contribution in [3.05, 3.63) is 23.7 Å². The maximum absolute atomic E-state index is 10.9. The number of rotatable bonds is 5. The molecule has 94 valence electrons. The first-order chi connectivity index (χ1) is 8.20. The van der Waals surface area contributed by atoms with E-state index in [0.717, 1.165) is 18.1 Å². The number of carboxylic acid groups (broad SMARTS) is 1. The van der Waals surface area contributed by atoms with Crippen molar-refractivity contribution >= 4 is 17.7 Å². The van der Waals surface area contributed by atoms with Crippen molar-refractivity contribution in [3.8, 4) is 0 Å². The van der Waals surface area contributed by atoms with E-state index in [1.54, 1.807) is 0 Å². The van der Waals surface area contributed by atoms with Crippen LogP contribution in [0.1, 0.15) is 35.4 Å². The minimum Gasteiger partial charge on any atom is -0.478 e. The summed E-state index contributed by atoms with van der Waals surface area (Å²) in [4.78, 5) is 10.9. The summed E-state index contributed by atoms with van der Waals surface area (Å²) in [7, 11) is 0. The number of thioether (sulfide) groups is 1. The molecule has 2 unspecified atom stereocenters. The van der Waals surface area contributed by atoms with Crippen LogP contribution in [0.15, 0.2) is 16.7 Å². The zero-order chi connectivity index (χ0) is 12.3. The molecule has 0 bridgehead atoms. The summed E-state index contributed by atoms with van der Waals surface area (Å²) < 4.78 is 5.19. The van der Waals surface area contributed by atoms with Crippen LogP contribution in [0, 0.1) is 0 Å². The summed E-state index contributed by atoms with van der Waals surface area (Å²) in [6.45, 7) is 0.500. The minimum absolute atomic E-state index is 0.261. The first kappa shape index (κ1) is 12.5. The summed E-state index contributed by atoms with van der Waals surface area (Å²) in [6, 6.07) is 1.98. The third-order valence-electron chi connectivity index (χ3n) is 3.24. The van der Waals surface area contributed by atoms with Gasteiger partial charge in [-0.3, -0.25) is 0 Å². The van der Waals surface area contributed by atoms with Gasteiger partial charge < -0.3 is 14.8 Å². The Morgan fingerprint density at radius 1 is 1.65 bits per heavy atom. The highest BCUT2D eigenvalue weighted by molar-refractivity contribution is 7.99. The maximum Gasteiger partial charge on any atom is 0.339 e. The lowest BCUT2D eigenvalue weighted by Crippen LogP contribution is -2.26. The Kier molecular flexibility index (Phi) is 4.12. The van der Waals surface area contributed by atoms with E-state index in [2.05, 4.69) is 11.6 Å². The van der Waals surface area contributed by atoms with Crippen molar-refractivity contribution in [1.29, 1.82) is 0 Å². The molecule has 1 aliphatic carbocycles. The molecule has 1 aromatic heterocycles. The summed E-state index contributed by atoms with van der Waals surface area (Å²) in [5.41, 5.74) is 0.261.